The monoisotopic (exact) mass is 332 g/mol. The van der Waals surface area contributed by atoms with Crippen LogP contribution in [0.4, 0.5) is 0 Å². The molecule has 7 heteroatoms. The Bertz CT molecular complexity index is 405. The van der Waals surface area contributed by atoms with Crippen LogP contribution < -0.4 is 0 Å². The van der Waals surface area contributed by atoms with E-state index in [4.69, 9.17) is 19.7 Å². The highest BCUT2D eigenvalue weighted by atomic mass is 16.7. The van der Waals surface area contributed by atoms with Gasteiger partial charge in [0.1, 0.15) is 24.4 Å². The largest absolute Gasteiger partial charge is 0.394 e. The molecule has 0 bridgehead atoms. The Hall–Kier alpha value is -0.800. The molecule has 0 unspecified atom stereocenters. The van der Waals surface area contributed by atoms with Crippen LogP contribution in [0.3, 0.4) is 0 Å². The van der Waals surface area contributed by atoms with E-state index in [2.05, 4.69) is 0 Å². The molecule has 0 aromatic carbocycles. The summed E-state index contributed by atoms with van der Waals surface area (Å²) >= 11 is 0. The van der Waals surface area contributed by atoms with Gasteiger partial charge < -0.3 is 35.0 Å². The lowest BCUT2D eigenvalue weighted by Crippen LogP contribution is -2.59. The molecule has 7 nitrogen and oxygen atoms in total. The van der Waals surface area contributed by atoms with Gasteiger partial charge in [0.2, 0.25) is 0 Å². The highest BCUT2D eigenvalue weighted by Crippen LogP contribution is 2.22. The van der Waals surface area contributed by atoms with Crippen LogP contribution in [0.5, 0.6) is 0 Å². The summed E-state index contributed by atoms with van der Waals surface area (Å²) in [5.74, 6) is 0. The zero-order chi connectivity index (χ0) is 17.4. The second-order valence-corrected chi connectivity index (χ2v) is 5.83. The lowest BCUT2D eigenvalue weighted by Gasteiger charge is -2.39. The van der Waals surface area contributed by atoms with Crippen LogP contribution in [0.15, 0.2) is 23.3 Å². The summed E-state index contributed by atoms with van der Waals surface area (Å²) in [6.07, 6.45) is -0.889. The summed E-state index contributed by atoms with van der Waals surface area (Å²) in [7, 11) is 0. The van der Waals surface area contributed by atoms with Gasteiger partial charge in [0.05, 0.1) is 19.8 Å². The van der Waals surface area contributed by atoms with Crippen molar-refractivity contribution in [2.75, 3.05) is 19.8 Å². The number of aliphatic hydroxyl groups is 5. The van der Waals surface area contributed by atoms with E-state index in [0.717, 1.165) is 24.0 Å². The summed E-state index contributed by atoms with van der Waals surface area (Å²) in [4.78, 5) is 0. The van der Waals surface area contributed by atoms with Crippen molar-refractivity contribution in [1.82, 2.24) is 0 Å². The summed E-state index contributed by atoms with van der Waals surface area (Å²) < 4.78 is 10.7. The first-order valence-electron chi connectivity index (χ1n) is 7.75. The molecule has 1 rings (SSSR count). The molecule has 0 saturated carbocycles. The van der Waals surface area contributed by atoms with Crippen LogP contribution in [-0.4, -0.2) is 76.1 Å². The Kier molecular flexibility index (Phi) is 8.93. The Morgan fingerprint density at radius 3 is 2.30 bits per heavy atom. The highest BCUT2D eigenvalue weighted by molar-refractivity contribution is 5.04. The van der Waals surface area contributed by atoms with E-state index < -0.39 is 37.3 Å². The maximum Gasteiger partial charge on any atom is 0.187 e. The average Bonchev–Trinajstić information content (AvgIpc) is 2.52. The number of hydrogen-bond donors (Lipinski definition) is 5. The molecule has 0 spiro atoms. The van der Waals surface area contributed by atoms with Gasteiger partial charge in [-0.3, -0.25) is 0 Å². The van der Waals surface area contributed by atoms with Gasteiger partial charge in [-0.05, 0) is 26.7 Å². The molecular weight excluding hydrogens is 304 g/mol. The van der Waals surface area contributed by atoms with Gasteiger partial charge in [0, 0.05) is 0 Å². The molecule has 0 aromatic heterocycles. The molecule has 1 saturated heterocycles. The predicted molar refractivity (Wildman–Crippen MR) is 83.6 cm³/mol. The first-order chi connectivity index (χ1) is 10.9. The smallest absolute Gasteiger partial charge is 0.187 e. The number of ether oxygens (including phenoxy) is 2. The van der Waals surface area contributed by atoms with Crippen molar-refractivity contribution in [2.24, 2.45) is 0 Å². The van der Waals surface area contributed by atoms with Crippen LogP contribution in [0.2, 0.25) is 0 Å². The zero-order valence-corrected chi connectivity index (χ0v) is 13.6. The Balaban J connectivity index is 2.45. The topological polar surface area (TPSA) is 120 Å². The van der Waals surface area contributed by atoms with Crippen LogP contribution in [0, 0.1) is 0 Å². The molecule has 1 fully saturated rings. The summed E-state index contributed by atoms with van der Waals surface area (Å²) in [6.45, 7) is 3.58. The maximum absolute atomic E-state index is 9.85. The van der Waals surface area contributed by atoms with Crippen LogP contribution in [0.1, 0.15) is 26.7 Å². The molecule has 5 N–H and O–H groups in total. The van der Waals surface area contributed by atoms with Crippen molar-refractivity contribution in [2.45, 2.75) is 57.4 Å². The average molecular weight is 332 g/mol. The molecule has 1 heterocycles. The van der Waals surface area contributed by atoms with E-state index in [1.807, 2.05) is 19.9 Å². The lowest BCUT2D eigenvalue weighted by atomic mass is 9.99. The van der Waals surface area contributed by atoms with E-state index in [0.29, 0.717) is 0 Å². The van der Waals surface area contributed by atoms with Crippen LogP contribution in [0.25, 0.3) is 0 Å². The molecule has 0 radical (unpaired) electrons. The quantitative estimate of drug-likeness (QED) is 0.379. The standard InChI is InChI=1S/C16H28O7/c1-10(6-7-17)4-3-5-11(2)9-22-16-15(21)14(20)13(19)12(8-18)23-16/h5-6,12-21H,3-4,7-9H2,1-2H3/b10-6+,11-5+/t12-,13-,14+,15-,16+/m0/s1. The van der Waals surface area contributed by atoms with E-state index in [9.17, 15) is 15.3 Å². The number of hydrogen-bond acceptors (Lipinski definition) is 7. The van der Waals surface area contributed by atoms with E-state index in [-0.39, 0.29) is 13.2 Å². The van der Waals surface area contributed by atoms with Gasteiger partial charge in [0.25, 0.3) is 0 Å². The van der Waals surface area contributed by atoms with Crippen molar-refractivity contribution in [3.05, 3.63) is 23.3 Å². The fraction of sp³-hybridized carbons (Fsp3) is 0.750. The second kappa shape index (κ2) is 10.1. The first kappa shape index (κ1) is 20.2. The van der Waals surface area contributed by atoms with Gasteiger partial charge in [-0.2, -0.15) is 0 Å². The maximum atomic E-state index is 9.85. The summed E-state index contributed by atoms with van der Waals surface area (Å²) in [5, 5.41) is 47.1. The van der Waals surface area contributed by atoms with E-state index in [1.165, 1.54) is 0 Å². The summed E-state index contributed by atoms with van der Waals surface area (Å²) in [6, 6.07) is 0. The van der Waals surface area contributed by atoms with E-state index in [1.54, 1.807) is 6.08 Å². The third-order valence-corrected chi connectivity index (χ3v) is 3.79. The van der Waals surface area contributed by atoms with Gasteiger partial charge in [-0.25, -0.2) is 0 Å². The SMILES string of the molecule is C/C(=C\CO)CC/C=C(\C)CO[C@@H]1O[C@@H](CO)[C@H](O)[C@@H](O)[C@@H]1O. The highest BCUT2D eigenvalue weighted by Gasteiger charge is 2.43. The number of allylic oxidation sites excluding steroid dienone is 2. The van der Waals surface area contributed by atoms with Crippen molar-refractivity contribution in [3.8, 4) is 0 Å². The molecule has 0 amide bonds. The Morgan fingerprint density at radius 2 is 1.70 bits per heavy atom. The minimum atomic E-state index is -1.43. The fourth-order valence-electron chi connectivity index (χ4n) is 2.28. The van der Waals surface area contributed by atoms with E-state index >= 15 is 0 Å². The Morgan fingerprint density at radius 1 is 1.00 bits per heavy atom. The Labute approximate surface area is 136 Å². The van der Waals surface area contributed by atoms with Crippen LogP contribution >= 0.6 is 0 Å². The minimum absolute atomic E-state index is 0.0365. The molecule has 0 aliphatic carbocycles. The molecule has 0 aromatic rings. The number of aliphatic hydroxyl groups excluding tert-OH is 5. The fourth-order valence-corrected chi connectivity index (χ4v) is 2.28. The summed E-state index contributed by atoms with van der Waals surface area (Å²) in [5.41, 5.74) is 2.03. The van der Waals surface area contributed by atoms with Gasteiger partial charge in [-0.15, -0.1) is 0 Å². The van der Waals surface area contributed by atoms with Crippen molar-refractivity contribution >= 4 is 0 Å². The first-order valence-corrected chi connectivity index (χ1v) is 7.75. The molecular formula is C16H28O7. The molecule has 23 heavy (non-hydrogen) atoms. The predicted octanol–water partition coefficient (Wildman–Crippen LogP) is -0.532. The third kappa shape index (κ3) is 6.31. The zero-order valence-electron chi connectivity index (χ0n) is 13.6. The molecule has 1 aliphatic heterocycles. The van der Waals surface area contributed by atoms with Crippen molar-refractivity contribution < 1.29 is 35.0 Å². The third-order valence-electron chi connectivity index (χ3n) is 3.79. The van der Waals surface area contributed by atoms with Crippen LogP contribution in [-0.2, 0) is 9.47 Å². The normalized spacial score (nSPS) is 33.1. The molecule has 5 atom stereocenters. The minimum Gasteiger partial charge on any atom is -0.394 e. The molecule has 1 aliphatic rings. The second-order valence-electron chi connectivity index (χ2n) is 5.83. The lowest BCUT2D eigenvalue weighted by molar-refractivity contribution is -0.299. The van der Waals surface area contributed by atoms with Crippen molar-refractivity contribution in [3.63, 3.8) is 0 Å². The van der Waals surface area contributed by atoms with Gasteiger partial charge in [0.15, 0.2) is 6.29 Å². The van der Waals surface area contributed by atoms with Crippen molar-refractivity contribution in [1.29, 1.82) is 0 Å². The van der Waals surface area contributed by atoms with Gasteiger partial charge >= 0.3 is 0 Å². The van der Waals surface area contributed by atoms with Gasteiger partial charge in [-0.1, -0.05) is 23.3 Å². The molecule has 134 valence electrons. The number of rotatable bonds is 8.